The van der Waals surface area contributed by atoms with Gasteiger partial charge in [0, 0.05) is 12.2 Å². The Kier molecular flexibility index (Phi) is 26.4. The highest BCUT2D eigenvalue weighted by Gasteiger charge is 1.98. The number of ether oxygens (including phenoxy) is 2. The number of unbranched alkanes of at least 4 members (excludes halogenated alkanes) is 21. The predicted octanol–water partition coefficient (Wildman–Crippen LogP) is 9.03. The van der Waals surface area contributed by atoms with E-state index in [2.05, 4.69) is 13.2 Å². The minimum absolute atomic E-state index is 0.308. The summed E-state index contributed by atoms with van der Waals surface area (Å²) in [4.78, 5) is 21.8. The molecular formula is C30H54O4. The highest BCUT2D eigenvalue weighted by atomic mass is 16.5. The van der Waals surface area contributed by atoms with Gasteiger partial charge in [-0.3, -0.25) is 0 Å². The third-order valence-electron chi connectivity index (χ3n) is 6.36. The highest BCUT2D eigenvalue weighted by molar-refractivity contribution is 5.81. The zero-order chi connectivity index (χ0) is 25.0. The number of rotatable bonds is 27. The molecule has 0 bridgehead atoms. The van der Waals surface area contributed by atoms with Crippen LogP contribution in [0.15, 0.2) is 25.3 Å². The summed E-state index contributed by atoms with van der Waals surface area (Å²) < 4.78 is 9.96. The Balaban J connectivity index is 3.06. The normalized spacial score (nSPS) is 10.7. The average molecular weight is 479 g/mol. The molecular weight excluding hydrogens is 424 g/mol. The molecule has 0 radical (unpaired) electrons. The van der Waals surface area contributed by atoms with Crippen LogP contribution >= 0.6 is 0 Å². The first-order valence-corrected chi connectivity index (χ1v) is 14.3. The van der Waals surface area contributed by atoms with E-state index in [1.807, 2.05) is 0 Å². The van der Waals surface area contributed by atoms with Gasteiger partial charge >= 0.3 is 11.9 Å². The first kappa shape index (κ1) is 32.4. The SMILES string of the molecule is C=CC(=O)OCCCCCCCCCCCCCCCCCCCCCCCCOC(=O)C=C. The number of carbonyl (C=O) groups is 2. The standard InChI is InChI=1S/C30H54O4/c1-3-29(31)33-27-25-23-21-19-17-15-13-11-9-7-5-6-8-10-12-14-16-18-20-22-24-26-28-34-30(32)4-2/h3-4H,1-2,5-28H2. The largest absolute Gasteiger partial charge is 0.463 e. The van der Waals surface area contributed by atoms with Crippen molar-refractivity contribution < 1.29 is 19.1 Å². The van der Waals surface area contributed by atoms with Gasteiger partial charge < -0.3 is 9.47 Å². The molecule has 0 aliphatic rings. The lowest BCUT2D eigenvalue weighted by molar-refractivity contribution is -0.138. The van der Waals surface area contributed by atoms with Gasteiger partial charge in [-0.05, 0) is 12.8 Å². The van der Waals surface area contributed by atoms with Crippen LogP contribution in [0.25, 0.3) is 0 Å². The third kappa shape index (κ3) is 26.7. The van der Waals surface area contributed by atoms with Crippen molar-refractivity contribution in [1.82, 2.24) is 0 Å². The molecule has 4 heteroatoms. The van der Waals surface area contributed by atoms with Gasteiger partial charge in [-0.25, -0.2) is 9.59 Å². The van der Waals surface area contributed by atoms with Gasteiger partial charge in [-0.1, -0.05) is 142 Å². The van der Waals surface area contributed by atoms with Crippen molar-refractivity contribution in [2.24, 2.45) is 0 Å². The monoisotopic (exact) mass is 478 g/mol. The van der Waals surface area contributed by atoms with Crippen LogP contribution in [0.1, 0.15) is 141 Å². The molecule has 4 nitrogen and oxygen atoms in total. The Morgan fingerprint density at radius 2 is 0.559 bits per heavy atom. The van der Waals surface area contributed by atoms with Gasteiger partial charge in [0.1, 0.15) is 0 Å². The summed E-state index contributed by atoms with van der Waals surface area (Å²) in [5.74, 6) is -0.615. The molecule has 0 fully saturated rings. The van der Waals surface area contributed by atoms with Gasteiger partial charge in [0.15, 0.2) is 0 Å². The summed E-state index contributed by atoms with van der Waals surface area (Å²) in [6, 6.07) is 0. The molecule has 0 aromatic heterocycles. The minimum Gasteiger partial charge on any atom is -0.463 e. The molecule has 0 saturated carbocycles. The fourth-order valence-corrected chi connectivity index (χ4v) is 4.20. The fraction of sp³-hybridized carbons (Fsp3) is 0.800. The van der Waals surface area contributed by atoms with Crippen molar-refractivity contribution in [1.29, 1.82) is 0 Å². The van der Waals surface area contributed by atoms with E-state index in [-0.39, 0.29) is 11.9 Å². The van der Waals surface area contributed by atoms with E-state index in [4.69, 9.17) is 9.47 Å². The second-order valence-corrected chi connectivity index (χ2v) is 9.52. The van der Waals surface area contributed by atoms with Crippen LogP contribution in [-0.4, -0.2) is 25.2 Å². The van der Waals surface area contributed by atoms with Crippen molar-refractivity contribution in [3.05, 3.63) is 25.3 Å². The van der Waals surface area contributed by atoms with E-state index in [1.165, 1.54) is 128 Å². The molecule has 0 saturated heterocycles. The Hall–Kier alpha value is -1.58. The summed E-state index contributed by atoms with van der Waals surface area (Å²) in [5.41, 5.74) is 0. The molecule has 34 heavy (non-hydrogen) atoms. The maximum absolute atomic E-state index is 10.9. The van der Waals surface area contributed by atoms with E-state index in [0.29, 0.717) is 13.2 Å². The number of hydrogen-bond donors (Lipinski definition) is 0. The van der Waals surface area contributed by atoms with Crippen molar-refractivity contribution in [2.45, 2.75) is 141 Å². The molecule has 0 amide bonds. The summed E-state index contributed by atoms with van der Waals surface area (Å²) >= 11 is 0. The van der Waals surface area contributed by atoms with E-state index in [0.717, 1.165) is 25.7 Å². The van der Waals surface area contributed by atoms with Gasteiger partial charge in [-0.15, -0.1) is 0 Å². The molecule has 0 aromatic rings. The Morgan fingerprint density at radius 1 is 0.382 bits per heavy atom. The van der Waals surface area contributed by atoms with Crippen LogP contribution in [0.4, 0.5) is 0 Å². The molecule has 0 atom stereocenters. The van der Waals surface area contributed by atoms with Crippen molar-refractivity contribution in [3.63, 3.8) is 0 Å². The highest BCUT2D eigenvalue weighted by Crippen LogP contribution is 2.15. The zero-order valence-electron chi connectivity index (χ0n) is 22.2. The van der Waals surface area contributed by atoms with E-state index in [9.17, 15) is 9.59 Å². The van der Waals surface area contributed by atoms with Crippen molar-refractivity contribution in [3.8, 4) is 0 Å². The van der Waals surface area contributed by atoms with Crippen LogP contribution in [0.3, 0.4) is 0 Å². The van der Waals surface area contributed by atoms with Crippen LogP contribution in [0, 0.1) is 0 Å². The first-order valence-electron chi connectivity index (χ1n) is 14.3. The first-order chi connectivity index (χ1) is 16.7. The quantitative estimate of drug-likeness (QED) is 0.0671. The van der Waals surface area contributed by atoms with Crippen LogP contribution in [0.5, 0.6) is 0 Å². The minimum atomic E-state index is -0.308. The molecule has 198 valence electrons. The lowest BCUT2D eigenvalue weighted by Gasteiger charge is -2.05. The second-order valence-electron chi connectivity index (χ2n) is 9.52. The van der Waals surface area contributed by atoms with Crippen LogP contribution in [-0.2, 0) is 19.1 Å². The maximum atomic E-state index is 10.9. The molecule has 0 aromatic carbocycles. The smallest absolute Gasteiger partial charge is 0.330 e. The molecule has 0 aliphatic heterocycles. The molecule has 0 N–H and O–H groups in total. The number of hydrogen-bond acceptors (Lipinski definition) is 4. The van der Waals surface area contributed by atoms with Crippen LogP contribution in [0.2, 0.25) is 0 Å². The molecule has 0 rings (SSSR count). The lowest BCUT2D eigenvalue weighted by Crippen LogP contribution is -2.01. The maximum Gasteiger partial charge on any atom is 0.330 e. The van der Waals surface area contributed by atoms with Gasteiger partial charge in [-0.2, -0.15) is 0 Å². The Morgan fingerprint density at radius 3 is 0.735 bits per heavy atom. The summed E-state index contributed by atoms with van der Waals surface area (Å²) in [6.07, 6.45) is 31.3. The number of esters is 2. The molecule has 0 aliphatic carbocycles. The number of carbonyl (C=O) groups excluding carboxylic acids is 2. The fourth-order valence-electron chi connectivity index (χ4n) is 4.20. The topological polar surface area (TPSA) is 52.6 Å². The van der Waals surface area contributed by atoms with Gasteiger partial charge in [0.25, 0.3) is 0 Å². The lowest BCUT2D eigenvalue weighted by atomic mass is 10.0. The second kappa shape index (κ2) is 27.7. The Bertz CT molecular complexity index is 442. The van der Waals surface area contributed by atoms with E-state index in [1.54, 1.807) is 0 Å². The Labute approximate surface area is 210 Å². The van der Waals surface area contributed by atoms with Gasteiger partial charge in [0.2, 0.25) is 0 Å². The van der Waals surface area contributed by atoms with E-state index >= 15 is 0 Å². The zero-order valence-corrected chi connectivity index (χ0v) is 22.2. The van der Waals surface area contributed by atoms with Crippen molar-refractivity contribution >= 4 is 11.9 Å². The van der Waals surface area contributed by atoms with Gasteiger partial charge in [0.05, 0.1) is 13.2 Å². The van der Waals surface area contributed by atoms with Crippen LogP contribution < -0.4 is 0 Å². The summed E-state index contributed by atoms with van der Waals surface area (Å²) in [5, 5.41) is 0. The average Bonchev–Trinajstić information content (AvgIpc) is 2.85. The molecule has 0 unspecified atom stereocenters. The predicted molar refractivity (Wildman–Crippen MR) is 144 cm³/mol. The molecule has 0 spiro atoms. The third-order valence-corrected chi connectivity index (χ3v) is 6.36. The summed E-state index contributed by atoms with van der Waals surface area (Å²) in [6.45, 7) is 7.85. The van der Waals surface area contributed by atoms with Crippen molar-refractivity contribution in [2.75, 3.05) is 13.2 Å². The summed E-state index contributed by atoms with van der Waals surface area (Å²) in [7, 11) is 0. The molecule has 0 heterocycles. The van der Waals surface area contributed by atoms with E-state index < -0.39 is 0 Å².